The Morgan fingerprint density at radius 1 is 0.493 bits per heavy atom. The molecule has 59 heteroatoms. The van der Waals surface area contributed by atoms with E-state index in [1.54, 1.807) is 60.0 Å². The van der Waals surface area contributed by atoms with Crippen molar-refractivity contribution < 1.29 is 87.8 Å². The van der Waals surface area contributed by atoms with Crippen molar-refractivity contribution in [3.05, 3.63) is 242 Å². The topological polar surface area (TPSA) is 676 Å². The molecule has 52 nitrogen and oxygen atoms in total. The number of nitrogen functional groups attached to an aromatic ring is 2. The van der Waals surface area contributed by atoms with Crippen LogP contribution in [0, 0.1) is 50.6 Å². The molecule has 0 aliphatic carbocycles. The first-order valence-corrected chi connectivity index (χ1v) is 45.5. The Morgan fingerprint density at radius 2 is 0.899 bits per heavy atom. The Balaban J connectivity index is 0.000000217. The Morgan fingerprint density at radius 3 is 1.26 bits per heavy atom. The van der Waals surface area contributed by atoms with Gasteiger partial charge in [-0.15, -0.1) is 10.2 Å². The number of para-hydroxylation sites is 2. The zero-order chi connectivity index (χ0) is 99.0. The van der Waals surface area contributed by atoms with Gasteiger partial charge >= 0.3 is 35.1 Å². The summed E-state index contributed by atoms with van der Waals surface area (Å²) >= 11 is 31.2. The van der Waals surface area contributed by atoms with Gasteiger partial charge in [-0.3, -0.25) is 28.6 Å². The third kappa shape index (κ3) is 31.3. The first-order valence-electron chi connectivity index (χ1n) is 39.9. The number of ether oxygens (including phenoxy) is 6. The first kappa shape index (κ1) is 112. The normalized spacial score (nSPS) is 12.9. The van der Waals surface area contributed by atoms with E-state index < -0.39 is 36.4 Å². The number of hydrogen-bond acceptors (Lipinski definition) is 36. The number of aliphatic hydroxyl groups excluding tert-OH is 3. The molecule has 2 amide bonds. The Hall–Kier alpha value is -12.9. The number of carbonyl (C=O) groups excluding carboxylic acids is 2. The highest BCUT2D eigenvalue weighted by molar-refractivity contribution is 9.12. The number of aryl methyl sites for hydroxylation is 2. The quantitative estimate of drug-likeness (QED) is 0.0130. The van der Waals surface area contributed by atoms with E-state index in [1.807, 2.05) is 55.5 Å². The number of aromatic amines is 2. The van der Waals surface area contributed by atoms with Gasteiger partial charge in [-0.2, -0.15) is 29.3 Å². The molecule has 12 aromatic rings. The molecular formula is C79H96Br4Cl3N29O23. The summed E-state index contributed by atoms with van der Waals surface area (Å²) in [6, 6.07) is 26.1. The SMILES string of the molecule is BrCCBr.C.C.COc1c(Cl)cccc1Nc1cc(Cc2cc3n(n2)CCOC3)nc2c1C(=O)N(C)C2.COc1c(Cl)cccc1Nc1cc(Cl)nc2c1C(=O)N(C)C2.Nc1cc2n(n1)CCOC2.Nc1cc2n(n1)CCOC2.O=C(O)c1cc([N+](=O)[O-])[nH]n1.O=[N+]([O-])c1cc(CO)n(CCBr)n1.O=[N+]([O-])c1cc(CO)n(CCBr)n1.O=[N+]([O-])c1cc(CO)n[nH]1.O=[N+]([O-])c1cc2n(n1)CCOC2. The van der Waals surface area contributed by atoms with Crippen LogP contribution in [0.2, 0.25) is 15.2 Å². The molecule has 0 saturated carbocycles. The smallest absolute Gasteiger partial charge is 0.390 e. The number of methoxy groups -OCH3 is 2. The number of hydrogen-bond donors (Lipinski definition) is 10. The van der Waals surface area contributed by atoms with E-state index in [4.69, 9.17) is 100 Å². The fourth-order valence-electron chi connectivity index (χ4n) is 12.8. The maximum atomic E-state index is 12.8. The van der Waals surface area contributed by atoms with Crippen LogP contribution in [0.3, 0.4) is 0 Å². The highest BCUT2D eigenvalue weighted by Crippen LogP contribution is 2.40. The molecule has 12 N–H and O–H groups in total. The van der Waals surface area contributed by atoms with Crippen LogP contribution in [-0.2, 0) is 124 Å². The van der Waals surface area contributed by atoms with Crippen molar-refractivity contribution in [2.24, 2.45) is 0 Å². The van der Waals surface area contributed by atoms with Crippen molar-refractivity contribution in [3.8, 4) is 11.5 Å². The Bertz CT molecular complexity index is 5910. The third-order valence-corrected chi connectivity index (χ3v) is 22.2. The average molecular weight is 2250 g/mol. The molecule has 16 heterocycles. The van der Waals surface area contributed by atoms with Crippen LogP contribution in [0.1, 0.15) is 109 Å². The maximum Gasteiger partial charge on any atom is 0.390 e. The molecule has 0 fully saturated rings. The third-order valence-electron chi connectivity index (χ3n) is 18.9. The molecule has 0 unspecified atom stereocenters. The fraction of sp³-hybridized carbons (Fsp3) is 0.380. The number of carboxylic acid groups (broad SMARTS) is 1. The Kier molecular flexibility index (Phi) is 44.6. The standard InChI is InChI=1S/C22H22ClN5O3.C15H13Cl2N3O2.2C6H8BrN3O3.C6H7N3O3.2C6H9N3O.C4H3N3O4.C4H5N3O3.C2H4Br2.2CH4/c1-27-11-19-20(22(27)29)18(25-17-5-3-4-16(23)21(17)30-2)10-13(24-19)8-14-9-15-12-31-7-6-28(15)26-14;1-20-7-11-13(15(20)21)10(6-12(17)19-11)18-9-5-3-4-8(16)14(9)22-2;2*7-1-2-9-5(4-11)3-6(8-9)10(12)13;10-9(11)6-3-5-4-12-2-1-8(5)7-6;2*7-6-3-5-4-10-2-1-9(5)8-6;8-4(9)2-1-3(6-5-2)7(10)11;8-2-3-1-4(6-5-3)7(9)10;3-1-2-4;;/h3-5,9-10H,6-8,11-12H2,1-2H3,(H,24,25);3-6H,7H2,1-2H3,(H,18,19);2*3,11H,1-2,4H2;3H,1-2,4H2;2*3H,1-2,4H2,(H2,7,8);1H,(H,5,6)(H,8,9);1,8H,2H2,(H,5,6);1-2H2;2*1H4. The van der Waals surface area contributed by atoms with Gasteiger partial charge in [-0.05, 0) is 67.1 Å². The van der Waals surface area contributed by atoms with E-state index in [9.17, 15) is 65.0 Å². The van der Waals surface area contributed by atoms with E-state index in [1.165, 1.54) is 40.7 Å². The summed E-state index contributed by atoms with van der Waals surface area (Å²) in [5.41, 5.74) is 22.6. The lowest BCUT2D eigenvalue weighted by atomic mass is 10.1. The molecule has 0 radical (unpaired) electrons. The molecule has 138 heavy (non-hydrogen) atoms. The van der Waals surface area contributed by atoms with Gasteiger partial charge < -0.3 is 131 Å². The van der Waals surface area contributed by atoms with Gasteiger partial charge in [0, 0.05) is 59.7 Å². The van der Waals surface area contributed by atoms with E-state index in [-0.39, 0.29) is 81.1 Å². The number of aromatic carboxylic acids is 1. The minimum absolute atomic E-state index is 0. The van der Waals surface area contributed by atoms with E-state index >= 15 is 0 Å². The molecule has 18 rings (SSSR count). The molecule has 0 bridgehead atoms. The van der Waals surface area contributed by atoms with Crippen molar-refractivity contribution in [2.75, 3.05) is 98.2 Å². The van der Waals surface area contributed by atoms with Crippen molar-refractivity contribution in [1.82, 2.24) is 98.8 Å². The van der Waals surface area contributed by atoms with Crippen LogP contribution in [0.5, 0.6) is 11.5 Å². The molecular weight excluding hydrogens is 2150 g/mol. The molecule has 0 atom stereocenters. The van der Waals surface area contributed by atoms with Crippen molar-refractivity contribution >= 4 is 180 Å². The van der Waals surface area contributed by atoms with E-state index in [0.29, 0.717) is 179 Å². The second kappa shape index (κ2) is 54.9. The Labute approximate surface area is 832 Å². The highest BCUT2D eigenvalue weighted by atomic mass is 79.9. The summed E-state index contributed by atoms with van der Waals surface area (Å²) in [6.45, 7) is 9.17. The number of halogens is 7. The van der Waals surface area contributed by atoms with Crippen LogP contribution < -0.4 is 31.6 Å². The van der Waals surface area contributed by atoms with Gasteiger partial charge in [0.15, 0.2) is 17.2 Å². The van der Waals surface area contributed by atoms with Crippen molar-refractivity contribution in [2.45, 2.75) is 120 Å². The van der Waals surface area contributed by atoms with Crippen LogP contribution in [-0.4, -0.2) is 238 Å². The number of benzene rings is 2. The van der Waals surface area contributed by atoms with Crippen LogP contribution in [0.25, 0.3) is 0 Å². The number of aliphatic hydroxyl groups is 3. The largest absolute Gasteiger partial charge is 0.493 e. The maximum absolute atomic E-state index is 12.8. The van der Waals surface area contributed by atoms with Gasteiger partial charge in [0.25, 0.3) is 11.8 Å². The van der Waals surface area contributed by atoms with Crippen LogP contribution in [0.4, 0.5) is 63.5 Å². The molecule has 10 aromatic heterocycles. The number of fused-ring (bicyclic) bond motifs is 6. The van der Waals surface area contributed by atoms with Crippen LogP contribution in [0.15, 0.2) is 97.1 Å². The number of pyridine rings is 2. The number of rotatable bonds is 22. The molecule has 6 aliphatic heterocycles. The minimum atomic E-state index is -1.30. The van der Waals surface area contributed by atoms with E-state index in [2.05, 4.69) is 131 Å². The lowest BCUT2D eigenvalue weighted by Crippen LogP contribution is -2.18. The summed E-state index contributed by atoms with van der Waals surface area (Å²) < 4.78 is 42.0. The monoisotopic (exact) mass is 2240 g/mol. The number of H-pyrrole nitrogens is 2. The number of alkyl halides is 4. The molecule has 2 aromatic carbocycles. The van der Waals surface area contributed by atoms with E-state index in [0.717, 1.165) is 89.4 Å². The number of amides is 2. The minimum Gasteiger partial charge on any atom is -0.493 e. The second-order valence-corrected chi connectivity index (χ2v) is 32.5. The fourth-order valence-corrected chi connectivity index (χ4v) is 14.2. The summed E-state index contributed by atoms with van der Waals surface area (Å²) in [6.07, 6.45) is 0.562. The number of nitro groups is 5. The molecule has 6 aliphatic rings. The van der Waals surface area contributed by atoms with Crippen molar-refractivity contribution in [1.29, 1.82) is 0 Å². The summed E-state index contributed by atoms with van der Waals surface area (Å²) in [4.78, 5) is 95.4. The summed E-state index contributed by atoms with van der Waals surface area (Å²) in [7, 11) is 6.60. The number of nitrogens with zero attached hydrogens (tertiary/aromatic N) is 23. The number of anilines is 6. The first-order chi connectivity index (χ1) is 65.2. The van der Waals surface area contributed by atoms with Gasteiger partial charge in [-0.25, -0.2) is 9.78 Å². The zero-order valence-corrected chi connectivity index (χ0v) is 81.0. The summed E-state index contributed by atoms with van der Waals surface area (Å²) in [5.74, 6) is -0.455. The summed E-state index contributed by atoms with van der Waals surface area (Å²) in [5, 5.41) is 131. The number of nitrogens with two attached hydrogens (primary N) is 2. The highest BCUT2D eigenvalue weighted by Gasteiger charge is 2.33. The molecule has 0 saturated heterocycles. The lowest BCUT2D eigenvalue weighted by Gasteiger charge is -2.15. The number of carbonyl (C=O) groups is 3. The predicted octanol–water partition coefficient (Wildman–Crippen LogP) is 11.7. The van der Waals surface area contributed by atoms with Gasteiger partial charge in [0.2, 0.25) is 0 Å². The number of nitrogens with one attached hydrogen (secondary N) is 4. The lowest BCUT2D eigenvalue weighted by molar-refractivity contribution is -0.390. The van der Waals surface area contributed by atoms with Crippen LogP contribution >= 0.6 is 98.5 Å². The molecule has 0 spiro atoms. The number of aromatic nitrogens is 18. The van der Waals surface area contributed by atoms with Gasteiger partial charge in [0.1, 0.15) is 22.5 Å². The molecule has 744 valence electrons. The number of carboxylic acids is 1. The van der Waals surface area contributed by atoms with Gasteiger partial charge in [-0.1, -0.05) is 136 Å². The second-order valence-electron chi connectivity index (χ2n) is 28.2. The average Bonchev–Trinajstić information content (AvgIpc) is 1.62. The van der Waals surface area contributed by atoms with Crippen molar-refractivity contribution in [3.63, 3.8) is 0 Å². The predicted molar refractivity (Wildman–Crippen MR) is 515 cm³/mol. The zero-order valence-electron chi connectivity index (χ0n) is 72.3. The van der Waals surface area contributed by atoms with Gasteiger partial charge in [0.05, 0.1) is 280 Å².